The van der Waals surface area contributed by atoms with Gasteiger partial charge in [0.25, 0.3) is 0 Å². The SMILES string of the molecule is CC(C)C1CCCCc2ccccc2NC1=O. The van der Waals surface area contributed by atoms with Crippen molar-refractivity contribution in [2.75, 3.05) is 5.32 Å². The normalized spacial score (nSPS) is 21.1. The van der Waals surface area contributed by atoms with E-state index in [9.17, 15) is 4.79 Å². The second-order valence-corrected chi connectivity index (χ2v) is 5.24. The quantitative estimate of drug-likeness (QED) is 0.785. The molecular formula is C15H21NO. The van der Waals surface area contributed by atoms with E-state index in [1.807, 2.05) is 18.2 Å². The minimum absolute atomic E-state index is 0.154. The highest BCUT2D eigenvalue weighted by molar-refractivity contribution is 5.93. The van der Waals surface area contributed by atoms with E-state index in [1.54, 1.807) is 0 Å². The molecule has 0 fully saturated rings. The van der Waals surface area contributed by atoms with E-state index in [0.717, 1.165) is 24.9 Å². The molecule has 2 rings (SSSR count). The smallest absolute Gasteiger partial charge is 0.227 e. The van der Waals surface area contributed by atoms with Gasteiger partial charge in [-0.1, -0.05) is 38.5 Å². The zero-order valence-corrected chi connectivity index (χ0v) is 10.7. The summed E-state index contributed by atoms with van der Waals surface area (Å²) in [6.07, 6.45) is 4.40. The van der Waals surface area contributed by atoms with Crippen LogP contribution < -0.4 is 5.32 Å². The van der Waals surface area contributed by atoms with Crippen LogP contribution in [0.25, 0.3) is 0 Å². The Hall–Kier alpha value is -1.31. The standard InChI is InChI=1S/C15H21NO/c1-11(2)13-9-5-3-7-12-8-4-6-10-14(12)16-15(13)17/h4,6,8,10-11,13H,3,5,7,9H2,1-2H3,(H,16,17). The van der Waals surface area contributed by atoms with Crippen LogP contribution in [0.15, 0.2) is 24.3 Å². The van der Waals surface area contributed by atoms with Crippen molar-refractivity contribution in [1.29, 1.82) is 0 Å². The predicted molar refractivity (Wildman–Crippen MR) is 71.0 cm³/mol. The summed E-state index contributed by atoms with van der Waals surface area (Å²) in [7, 11) is 0. The Bertz CT molecular complexity index is 398. The summed E-state index contributed by atoms with van der Waals surface area (Å²) in [6.45, 7) is 4.27. The number of rotatable bonds is 1. The molecule has 1 N–H and O–H groups in total. The van der Waals surface area contributed by atoms with Gasteiger partial charge < -0.3 is 5.32 Å². The van der Waals surface area contributed by atoms with Gasteiger partial charge in [0, 0.05) is 11.6 Å². The summed E-state index contributed by atoms with van der Waals surface area (Å²) < 4.78 is 0. The van der Waals surface area contributed by atoms with Gasteiger partial charge in [0.15, 0.2) is 0 Å². The number of carbonyl (C=O) groups excluding carboxylic acids is 1. The third-order valence-electron chi connectivity index (χ3n) is 3.63. The Morgan fingerprint density at radius 2 is 2.00 bits per heavy atom. The predicted octanol–water partition coefficient (Wildman–Crippen LogP) is 3.62. The average Bonchev–Trinajstić information content (AvgIpc) is 2.37. The van der Waals surface area contributed by atoms with Crippen LogP contribution in [0.4, 0.5) is 5.69 Å². The number of carbonyl (C=O) groups is 1. The van der Waals surface area contributed by atoms with Crippen LogP contribution in [0.3, 0.4) is 0 Å². The molecule has 2 heteroatoms. The van der Waals surface area contributed by atoms with Crippen LogP contribution in [-0.4, -0.2) is 5.91 Å². The molecule has 0 saturated carbocycles. The second-order valence-electron chi connectivity index (χ2n) is 5.24. The minimum atomic E-state index is 0.154. The van der Waals surface area contributed by atoms with Gasteiger partial charge in [-0.25, -0.2) is 0 Å². The second kappa shape index (κ2) is 5.35. The lowest BCUT2D eigenvalue weighted by atomic mass is 9.90. The number of aryl methyl sites for hydroxylation is 1. The summed E-state index contributed by atoms with van der Waals surface area (Å²) in [5.41, 5.74) is 2.27. The molecule has 1 unspecified atom stereocenters. The molecule has 1 aromatic rings. The maximum absolute atomic E-state index is 12.2. The molecule has 1 aliphatic heterocycles. The first-order chi connectivity index (χ1) is 8.18. The number of para-hydroxylation sites is 1. The van der Waals surface area contributed by atoms with Crippen LogP contribution in [-0.2, 0) is 11.2 Å². The first kappa shape index (κ1) is 12.2. The van der Waals surface area contributed by atoms with Crippen molar-refractivity contribution in [1.82, 2.24) is 0 Å². The van der Waals surface area contributed by atoms with Gasteiger partial charge in [-0.15, -0.1) is 0 Å². The number of fused-ring (bicyclic) bond motifs is 1. The molecule has 0 saturated heterocycles. The Labute approximate surface area is 103 Å². The summed E-state index contributed by atoms with van der Waals surface area (Å²) in [4.78, 5) is 12.2. The Morgan fingerprint density at radius 3 is 2.76 bits per heavy atom. The highest BCUT2D eigenvalue weighted by atomic mass is 16.1. The zero-order valence-electron chi connectivity index (χ0n) is 10.7. The van der Waals surface area contributed by atoms with E-state index < -0.39 is 0 Å². The lowest BCUT2D eigenvalue weighted by Crippen LogP contribution is -2.26. The largest absolute Gasteiger partial charge is 0.326 e. The minimum Gasteiger partial charge on any atom is -0.326 e. The lowest BCUT2D eigenvalue weighted by Gasteiger charge is -2.19. The summed E-state index contributed by atoms with van der Waals surface area (Å²) in [6, 6.07) is 8.16. The summed E-state index contributed by atoms with van der Waals surface area (Å²) in [5, 5.41) is 3.09. The van der Waals surface area contributed by atoms with Crippen LogP contribution >= 0.6 is 0 Å². The van der Waals surface area contributed by atoms with Gasteiger partial charge in [0.05, 0.1) is 0 Å². The monoisotopic (exact) mass is 231 g/mol. The molecule has 92 valence electrons. The molecule has 1 atom stereocenters. The Kier molecular flexibility index (Phi) is 3.82. The van der Waals surface area contributed by atoms with Crippen molar-refractivity contribution in [3.05, 3.63) is 29.8 Å². The fourth-order valence-corrected chi connectivity index (χ4v) is 2.53. The van der Waals surface area contributed by atoms with Gasteiger partial charge in [-0.3, -0.25) is 4.79 Å². The molecule has 1 aromatic carbocycles. The first-order valence-corrected chi connectivity index (χ1v) is 6.57. The number of anilines is 1. The summed E-state index contributed by atoms with van der Waals surface area (Å²) >= 11 is 0. The van der Waals surface area contributed by atoms with E-state index in [-0.39, 0.29) is 11.8 Å². The zero-order chi connectivity index (χ0) is 12.3. The van der Waals surface area contributed by atoms with Crippen molar-refractivity contribution < 1.29 is 4.79 Å². The molecule has 2 nitrogen and oxygen atoms in total. The molecule has 0 spiro atoms. The van der Waals surface area contributed by atoms with Gasteiger partial charge in [-0.2, -0.15) is 0 Å². The van der Waals surface area contributed by atoms with Crippen molar-refractivity contribution in [2.45, 2.75) is 39.5 Å². The van der Waals surface area contributed by atoms with Gasteiger partial charge in [0.2, 0.25) is 5.91 Å². The maximum atomic E-state index is 12.2. The third kappa shape index (κ3) is 2.87. The molecule has 0 aliphatic carbocycles. The van der Waals surface area contributed by atoms with Crippen LogP contribution in [0.2, 0.25) is 0 Å². The molecule has 1 aliphatic rings. The maximum Gasteiger partial charge on any atom is 0.227 e. The van der Waals surface area contributed by atoms with E-state index in [0.29, 0.717) is 5.92 Å². The van der Waals surface area contributed by atoms with Crippen LogP contribution in [0.5, 0.6) is 0 Å². The Morgan fingerprint density at radius 1 is 1.24 bits per heavy atom. The summed E-state index contributed by atoms with van der Waals surface area (Å²) in [5.74, 6) is 0.760. The molecule has 17 heavy (non-hydrogen) atoms. The number of hydrogen-bond acceptors (Lipinski definition) is 1. The molecule has 1 amide bonds. The fourth-order valence-electron chi connectivity index (χ4n) is 2.53. The molecule has 1 heterocycles. The highest BCUT2D eigenvalue weighted by Crippen LogP contribution is 2.26. The van der Waals surface area contributed by atoms with Crippen LogP contribution in [0, 0.1) is 11.8 Å². The van der Waals surface area contributed by atoms with Crippen LogP contribution in [0.1, 0.15) is 38.7 Å². The van der Waals surface area contributed by atoms with E-state index in [2.05, 4.69) is 25.2 Å². The van der Waals surface area contributed by atoms with Crippen molar-refractivity contribution in [2.24, 2.45) is 11.8 Å². The number of amides is 1. The van der Waals surface area contributed by atoms with Gasteiger partial charge >= 0.3 is 0 Å². The molecule has 0 aromatic heterocycles. The first-order valence-electron chi connectivity index (χ1n) is 6.57. The molecule has 0 bridgehead atoms. The average molecular weight is 231 g/mol. The van der Waals surface area contributed by atoms with Gasteiger partial charge in [-0.05, 0) is 36.8 Å². The van der Waals surface area contributed by atoms with E-state index in [4.69, 9.17) is 0 Å². The molecular weight excluding hydrogens is 210 g/mol. The van der Waals surface area contributed by atoms with Crippen molar-refractivity contribution in [3.63, 3.8) is 0 Å². The third-order valence-corrected chi connectivity index (χ3v) is 3.63. The van der Waals surface area contributed by atoms with E-state index in [1.165, 1.54) is 12.0 Å². The van der Waals surface area contributed by atoms with Crippen molar-refractivity contribution >= 4 is 11.6 Å². The van der Waals surface area contributed by atoms with Gasteiger partial charge in [0.1, 0.15) is 0 Å². The fraction of sp³-hybridized carbons (Fsp3) is 0.533. The lowest BCUT2D eigenvalue weighted by molar-refractivity contribution is -0.121. The molecule has 0 radical (unpaired) electrons. The topological polar surface area (TPSA) is 29.1 Å². The number of nitrogens with one attached hydrogen (secondary N) is 1. The Balaban J connectivity index is 2.24. The number of hydrogen-bond donors (Lipinski definition) is 1. The number of benzene rings is 1. The highest BCUT2D eigenvalue weighted by Gasteiger charge is 2.23. The van der Waals surface area contributed by atoms with E-state index >= 15 is 0 Å². The van der Waals surface area contributed by atoms with Crippen molar-refractivity contribution in [3.8, 4) is 0 Å².